The maximum Gasteiger partial charge on any atom is 0.506 e. The molecule has 0 spiro atoms. The highest BCUT2D eigenvalue weighted by Crippen LogP contribution is 2.19. The van der Waals surface area contributed by atoms with Gasteiger partial charge >= 0.3 is 8.80 Å². The van der Waals surface area contributed by atoms with E-state index in [0.29, 0.717) is 19.8 Å². The van der Waals surface area contributed by atoms with Crippen molar-refractivity contribution in [2.75, 3.05) is 46.0 Å². The van der Waals surface area contributed by atoms with Crippen LogP contribution in [0.25, 0.3) is 0 Å². The van der Waals surface area contributed by atoms with Gasteiger partial charge in [-0.05, 0) is 41.5 Å². The first kappa shape index (κ1) is 22.6. The molecule has 0 atom stereocenters. The summed E-state index contributed by atoms with van der Waals surface area (Å²) in [6.07, 6.45) is 0. The highest BCUT2D eigenvalue weighted by molar-refractivity contribution is 6.60. The van der Waals surface area contributed by atoms with Crippen molar-refractivity contribution in [3.05, 3.63) is 0 Å². The van der Waals surface area contributed by atoms with E-state index in [4.69, 9.17) is 13.3 Å². The molecule has 0 aromatic rings. The SMILES string of the molecule is CCO[Si](CC[N+](CC)(CC)CC)(OCC)OCC.[Cl-]. The molecule has 0 unspecified atom stereocenters. The fraction of sp³-hybridized carbons (Fsp3) is 1.00. The summed E-state index contributed by atoms with van der Waals surface area (Å²) in [6, 6.07) is 0.915. The summed E-state index contributed by atoms with van der Waals surface area (Å²) in [7, 11) is -2.47. The number of rotatable bonds is 12. The third-order valence-electron chi connectivity index (χ3n) is 4.00. The van der Waals surface area contributed by atoms with Gasteiger partial charge in [0.25, 0.3) is 0 Å². The first-order valence-corrected chi connectivity index (χ1v) is 9.77. The minimum absolute atomic E-state index is 0. The average Bonchev–Trinajstić information content (AvgIpc) is 2.42. The van der Waals surface area contributed by atoms with Gasteiger partial charge in [-0.25, -0.2) is 0 Å². The van der Waals surface area contributed by atoms with E-state index in [0.717, 1.165) is 36.7 Å². The summed E-state index contributed by atoms with van der Waals surface area (Å²) < 4.78 is 18.9. The van der Waals surface area contributed by atoms with Gasteiger partial charge in [-0.15, -0.1) is 0 Å². The summed E-state index contributed by atoms with van der Waals surface area (Å²) in [5, 5.41) is 0. The Balaban J connectivity index is 0. The van der Waals surface area contributed by atoms with Gasteiger partial charge < -0.3 is 30.2 Å². The molecule has 0 aromatic carbocycles. The number of halogens is 1. The average molecular weight is 328 g/mol. The zero-order valence-corrected chi connectivity index (χ0v) is 16.0. The van der Waals surface area contributed by atoms with Crippen LogP contribution in [0.15, 0.2) is 0 Å². The van der Waals surface area contributed by atoms with E-state index in [1.807, 2.05) is 20.8 Å². The summed E-state index contributed by atoms with van der Waals surface area (Å²) in [4.78, 5) is 0. The van der Waals surface area contributed by atoms with Crippen LogP contribution < -0.4 is 12.4 Å². The Morgan fingerprint density at radius 2 is 1.05 bits per heavy atom. The van der Waals surface area contributed by atoms with Gasteiger partial charge in [-0.1, -0.05) is 0 Å². The third-order valence-corrected chi connectivity index (χ3v) is 7.02. The van der Waals surface area contributed by atoms with Gasteiger partial charge in [0.2, 0.25) is 0 Å². The molecular weight excluding hydrogens is 294 g/mol. The summed E-state index contributed by atoms with van der Waals surface area (Å²) >= 11 is 0. The van der Waals surface area contributed by atoms with Crippen LogP contribution >= 0.6 is 0 Å². The lowest BCUT2D eigenvalue weighted by atomic mass is 10.3. The van der Waals surface area contributed by atoms with Gasteiger partial charge in [0, 0.05) is 19.8 Å². The lowest BCUT2D eigenvalue weighted by Crippen LogP contribution is -3.00. The zero-order valence-electron chi connectivity index (χ0n) is 14.2. The predicted molar refractivity (Wildman–Crippen MR) is 82.2 cm³/mol. The van der Waals surface area contributed by atoms with Gasteiger partial charge in [0.05, 0.1) is 32.2 Å². The van der Waals surface area contributed by atoms with Gasteiger partial charge in [0.1, 0.15) is 0 Å². The van der Waals surface area contributed by atoms with Crippen LogP contribution in [0.3, 0.4) is 0 Å². The van der Waals surface area contributed by atoms with Crippen LogP contribution in [0, 0.1) is 0 Å². The summed E-state index contributed by atoms with van der Waals surface area (Å²) in [5.74, 6) is 0. The lowest BCUT2D eigenvalue weighted by Gasteiger charge is -2.38. The molecule has 0 aliphatic carbocycles. The second-order valence-corrected chi connectivity index (χ2v) is 7.48. The monoisotopic (exact) mass is 327 g/mol. The fourth-order valence-corrected chi connectivity index (χ4v) is 5.27. The molecule has 4 nitrogen and oxygen atoms in total. The Kier molecular flexibility index (Phi) is 13.5. The minimum Gasteiger partial charge on any atom is -1.00 e. The van der Waals surface area contributed by atoms with Gasteiger partial charge in [0.15, 0.2) is 0 Å². The summed E-state index contributed by atoms with van der Waals surface area (Å²) in [6.45, 7) is 19.4. The number of hydrogen-bond acceptors (Lipinski definition) is 3. The van der Waals surface area contributed by atoms with Crippen molar-refractivity contribution in [2.24, 2.45) is 0 Å². The van der Waals surface area contributed by atoms with E-state index in [-0.39, 0.29) is 12.4 Å². The second-order valence-electron chi connectivity index (χ2n) is 4.75. The molecule has 6 heteroatoms. The number of hydrogen-bond donors (Lipinski definition) is 0. The van der Waals surface area contributed by atoms with Crippen LogP contribution in [-0.4, -0.2) is 59.3 Å². The van der Waals surface area contributed by atoms with E-state index < -0.39 is 8.80 Å². The van der Waals surface area contributed by atoms with Crippen LogP contribution in [0.2, 0.25) is 6.04 Å². The van der Waals surface area contributed by atoms with Crippen LogP contribution in [-0.2, 0) is 13.3 Å². The topological polar surface area (TPSA) is 27.7 Å². The maximum absolute atomic E-state index is 5.92. The van der Waals surface area contributed by atoms with Gasteiger partial charge in [-0.2, -0.15) is 0 Å². The van der Waals surface area contributed by atoms with E-state index >= 15 is 0 Å². The normalized spacial score (nSPS) is 12.3. The van der Waals surface area contributed by atoms with Crippen molar-refractivity contribution in [3.8, 4) is 0 Å². The zero-order chi connectivity index (χ0) is 14.8. The molecule has 0 saturated heterocycles. The Hall–Kier alpha value is 0.347. The molecule has 0 aromatic heterocycles. The first-order chi connectivity index (χ1) is 9.07. The van der Waals surface area contributed by atoms with E-state index in [9.17, 15) is 0 Å². The molecule has 0 rings (SSSR count). The van der Waals surface area contributed by atoms with E-state index in [1.54, 1.807) is 0 Å². The van der Waals surface area contributed by atoms with Gasteiger partial charge in [-0.3, -0.25) is 0 Å². The maximum atomic E-state index is 5.92. The highest BCUT2D eigenvalue weighted by atomic mass is 35.5. The van der Waals surface area contributed by atoms with Crippen LogP contribution in [0.1, 0.15) is 41.5 Å². The number of quaternary nitrogens is 1. The standard InChI is InChI=1S/C14H34NO3Si.ClH/c1-7-15(8-2,9-3)13-14-19(16-10-4,17-11-5)18-12-6;/h7-14H2,1-6H3;1H/q+1;/p-1. The molecule has 124 valence electrons. The fourth-order valence-electron chi connectivity index (χ4n) is 2.52. The van der Waals surface area contributed by atoms with Crippen LogP contribution in [0.4, 0.5) is 0 Å². The predicted octanol–water partition coefficient (Wildman–Crippen LogP) is -0.0847. The quantitative estimate of drug-likeness (QED) is 0.370. The van der Waals surface area contributed by atoms with Crippen molar-refractivity contribution >= 4 is 8.80 Å². The largest absolute Gasteiger partial charge is 1.00 e. The molecule has 0 saturated carbocycles. The molecule has 0 N–H and O–H groups in total. The second kappa shape index (κ2) is 11.9. The third kappa shape index (κ3) is 6.87. The van der Waals surface area contributed by atoms with Crippen molar-refractivity contribution in [2.45, 2.75) is 47.6 Å². The van der Waals surface area contributed by atoms with Crippen molar-refractivity contribution < 1.29 is 30.2 Å². The molecule has 0 amide bonds. The van der Waals surface area contributed by atoms with E-state index in [1.165, 1.54) is 0 Å². The molecule has 0 radical (unpaired) electrons. The van der Waals surface area contributed by atoms with Crippen molar-refractivity contribution in [3.63, 3.8) is 0 Å². The molecule has 0 aliphatic heterocycles. The van der Waals surface area contributed by atoms with E-state index in [2.05, 4.69) is 20.8 Å². The molecule has 0 bridgehead atoms. The Bertz CT molecular complexity index is 203. The lowest BCUT2D eigenvalue weighted by molar-refractivity contribution is -0.921. The molecular formula is C14H34ClNO3Si. The smallest absolute Gasteiger partial charge is 0.506 e. The first-order valence-electron chi connectivity index (χ1n) is 7.84. The molecule has 0 fully saturated rings. The Morgan fingerprint density at radius 3 is 1.30 bits per heavy atom. The Morgan fingerprint density at radius 1 is 0.700 bits per heavy atom. The molecule has 20 heavy (non-hydrogen) atoms. The molecule has 0 aliphatic rings. The number of nitrogens with zero attached hydrogens (tertiary/aromatic N) is 1. The summed E-state index contributed by atoms with van der Waals surface area (Å²) in [5.41, 5.74) is 0. The highest BCUT2D eigenvalue weighted by Gasteiger charge is 2.42. The Labute approximate surface area is 133 Å². The van der Waals surface area contributed by atoms with Crippen molar-refractivity contribution in [1.29, 1.82) is 0 Å². The van der Waals surface area contributed by atoms with Crippen LogP contribution in [0.5, 0.6) is 0 Å². The minimum atomic E-state index is -2.47. The molecule has 0 heterocycles. The van der Waals surface area contributed by atoms with Crippen molar-refractivity contribution in [1.82, 2.24) is 0 Å².